The first-order valence-corrected chi connectivity index (χ1v) is 12.5. The lowest BCUT2D eigenvalue weighted by atomic mass is 10.0. The molecule has 3 heteroatoms. The lowest BCUT2D eigenvalue weighted by molar-refractivity contribution is 0.0972. The molecule has 0 bridgehead atoms. The second-order valence-corrected chi connectivity index (χ2v) is 11.6. The average Bonchev–Trinajstić information content (AvgIpc) is 2.56. The average molecular weight is 373 g/mol. The Kier molecular flexibility index (Phi) is 19.0. The Hall–Kier alpha value is 0.137. The van der Waals surface area contributed by atoms with E-state index in [1.54, 1.807) is 0 Å². The molecule has 0 aliphatic heterocycles. The predicted octanol–water partition coefficient (Wildman–Crippen LogP) is 6.80. The third kappa shape index (κ3) is 24.1. The van der Waals surface area contributed by atoms with Crippen LogP contribution >= 0.6 is 0 Å². The monoisotopic (exact) mass is 372 g/mol. The Labute approximate surface area is 161 Å². The van der Waals surface area contributed by atoms with Crippen LogP contribution in [-0.4, -0.2) is 29.6 Å². The summed E-state index contributed by atoms with van der Waals surface area (Å²) in [6.45, 7) is 11.6. The highest BCUT2D eigenvalue weighted by molar-refractivity contribution is 6.31. The van der Waals surface area contributed by atoms with E-state index in [1.165, 1.54) is 89.9 Å². The molecule has 0 N–H and O–H groups in total. The van der Waals surface area contributed by atoms with E-state index in [-0.39, 0.29) is 0 Å². The molecule has 0 aromatic carbocycles. The smallest absolute Gasteiger partial charge is 0.166 e. The lowest BCUT2D eigenvalue weighted by Gasteiger charge is -2.16. The largest absolute Gasteiger partial charge is 0.421 e. The van der Waals surface area contributed by atoms with E-state index in [1.807, 2.05) is 0 Å². The minimum Gasteiger partial charge on any atom is -0.421 e. The zero-order chi connectivity index (χ0) is 18.6. The molecule has 152 valence electrons. The van der Waals surface area contributed by atoms with Gasteiger partial charge in [-0.05, 0) is 11.5 Å². The molecule has 0 aliphatic rings. The lowest BCUT2D eigenvalue weighted by Crippen LogP contribution is -2.15. The Morgan fingerprint density at radius 2 is 1.00 bits per heavy atom. The van der Waals surface area contributed by atoms with Gasteiger partial charge in [0.25, 0.3) is 0 Å². The normalized spacial score (nSPS) is 12.5. The quantitative estimate of drug-likeness (QED) is 0.183. The van der Waals surface area contributed by atoms with Crippen LogP contribution in [0.15, 0.2) is 0 Å². The summed E-state index contributed by atoms with van der Waals surface area (Å²) in [6.07, 6.45) is 19.8. The van der Waals surface area contributed by atoms with E-state index in [2.05, 4.69) is 27.7 Å². The third-order valence-electron chi connectivity index (χ3n) is 4.55. The van der Waals surface area contributed by atoms with Gasteiger partial charge in [0.1, 0.15) is 0 Å². The Morgan fingerprint density at radius 1 is 0.560 bits per heavy atom. The second kappa shape index (κ2) is 18.9. The van der Waals surface area contributed by atoms with E-state index in [0.717, 1.165) is 19.8 Å². The van der Waals surface area contributed by atoms with Gasteiger partial charge in [0.2, 0.25) is 0 Å². The summed E-state index contributed by atoms with van der Waals surface area (Å²) < 4.78 is 11.4. The summed E-state index contributed by atoms with van der Waals surface area (Å²) in [4.78, 5) is 0. The highest BCUT2D eigenvalue weighted by Crippen LogP contribution is 2.19. The number of hydrogen-bond donors (Lipinski definition) is 0. The topological polar surface area (TPSA) is 18.5 Å². The minimum absolute atomic E-state index is 0.397. The molecule has 0 atom stereocenters. The van der Waals surface area contributed by atoms with Crippen molar-refractivity contribution in [1.29, 1.82) is 0 Å². The van der Waals surface area contributed by atoms with E-state index < -0.39 is 9.76 Å². The molecule has 0 aromatic heterocycles. The summed E-state index contributed by atoms with van der Waals surface area (Å²) in [6, 6.07) is 0. The van der Waals surface area contributed by atoms with Crippen LogP contribution in [0.25, 0.3) is 0 Å². The van der Waals surface area contributed by atoms with Crippen molar-refractivity contribution in [3.63, 3.8) is 0 Å². The summed E-state index contributed by atoms with van der Waals surface area (Å²) in [5.74, 6) is 0. The van der Waals surface area contributed by atoms with Crippen LogP contribution in [0.3, 0.4) is 0 Å². The second-order valence-electron chi connectivity index (χ2n) is 8.82. The molecule has 0 heterocycles. The number of rotatable bonds is 19. The van der Waals surface area contributed by atoms with Crippen LogP contribution in [0.4, 0.5) is 0 Å². The fourth-order valence-electron chi connectivity index (χ4n) is 3.00. The number of hydrogen-bond acceptors (Lipinski definition) is 2. The summed E-state index contributed by atoms with van der Waals surface area (Å²) in [5, 5.41) is 0.397. The maximum Gasteiger partial charge on any atom is 0.166 e. The molecule has 0 saturated carbocycles. The Balaban J connectivity index is 3.01. The maximum absolute atomic E-state index is 5.74. The van der Waals surface area contributed by atoms with Gasteiger partial charge in [-0.25, -0.2) is 0 Å². The first-order chi connectivity index (χ1) is 12.1. The van der Waals surface area contributed by atoms with E-state index >= 15 is 0 Å². The highest BCUT2D eigenvalue weighted by atomic mass is 28.2. The molecule has 0 radical (unpaired) electrons. The molecule has 0 saturated heterocycles. The summed E-state index contributed by atoms with van der Waals surface area (Å²) >= 11 is 0. The standard InChI is InChI=1S/C22H48O2Si/c1-5-6-7-8-9-10-11-12-13-14-15-16-17-18-19-23-20-21-24-25-22(2,3)4/h5-21,25H2,1-4H3. The van der Waals surface area contributed by atoms with E-state index in [9.17, 15) is 0 Å². The molecule has 25 heavy (non-hydrogen) atoms. The molecule has 0 aromatic rings. The van der Waals surface area contributed by atoms with Crippen molar-refractivity contribution in [3.05, 3.63) is 0 Å². The van der Waals surface area contributed by atoms with Crippen molar-refractivity contribution >= 4 is 9.76 Å². The van der Waals surface area contributed by atoms with Gasteiger partial charge in [-0.15, -0.1) is 0 Å². The zero-order valence-electron chi connectivity index (χ0n) is 18.0. The van der Waals surface area contributed by atoms with Crippen LogP contribution < -0.4 is 0 Å². The van der Waals surface area contributed by atoms with Gasteiger partial charge in [0, 0.05) is 6.61 Å². The van der Waals surface area contributed by atoms with E-state index in [4.69, 9.17) is 9.16 Å². The van der Waals surface area contributed by atoms with Crippen LogP contribution in [-0.2, 0) is 9.16 Å². The fraction of sp³-hybridized carbons (Fsp3) is 1.00. The zero-order valence-corrected chi connectivity index (χ0v) is 19.5. The number of unbranched alkanes of at least 4 members (excludes halogenated alkanes) is 13. The third-order valence-corrected chi connectivity index (χ3v) is 5.91. The van der Waals surface area contributed by atoms with E-state index in [0.29, 0.717) is 5.04 Å². The van der Waals surface area contributed by atoms with Crippen molar-refractivity contribution in [1.82, 2.24) is 0 Å². The molecule has 0 amide bonds. The SMILES string of the molecule is CCCCCCCCCCCCCCCCOCCO[SiH2]C(C)(C)C. The van der Waals surface area contributed by atoms with Crippen molar-refractivity contribution in [2.45, 2.75) is 123 Å². The molecule has 0 rings (SSSR count). The molecule has 0 unspecified atom stereocenters. The summed E-state index contributed by atoms with van der Waals surface area (Å²) in [5.41, 5.74) is 0. The van der Waals surface area contributed by atoms with Crippen LogP contribution in [0.5, 0.6) is 0 Å². The van der Waals surface area contributed by atoms with Crippen molar-refractivity contribution < 1.29 is 9.16 Å². The Bertz CT molecular complexity index is 251. The molecule has 0 spiro atoms. The molecular weight excluding hydrogens is 324 g/mol. The van der Waals surface area contributed by atoms with Crippen molar-refractivity contribution in [3.8, 4) is 0 Å². The highest BCUT2D eigenvalue weighted by Gasteiger charge is 2.10. The number of ether oxygens (including phenoxy) is 1. The van der Waals surface area contributed by atoms with Gasteiger partial charge in [-0.1, -0.05) is 111 Å². The van der Waals surface area contributed by atoms with Crippen LogP contribution in [0, 0.1) is 0 Å². The van der Waals surface area contributed by atoms with Gasteiger partial charge in [0.05, 0.1) is 13.2 Å². The van der Waals surface area contributed by atoms with Crippen LogP contribution in [0.2, 0.25) is 5.04 Å². The first kappa shape index (κ1) is 25.1. The predicted molar refractivity (Wildman–Crippen MR) is 115 cm³/mol. The van der Waals surface area contributed by atoms with Gasteiger partial charge >= 0.3 is 0 Å². The van der Waals surface area contributed by atoms with Gasteiger partial charge in [-0.3, -0.25) is 0 Å². The molecular formula is C22H48O2Si. The minimum atomic E-state index is -0.397. The van der Waals surface area contributed by atoms with Gasteiger partial charge < -0.3 is 9.16 Å². The first-order valence-electron chi connectivity index (χ1n) is 11.2. The molecule has 0 fully saturated rings. The molecule has 0 aliphatic carbocycles. The van der Waals surface area contributed by atoms with Crippen molar-refractivity contribution in [2.24, 2.45) is 0 Å². The van der Waals surface area contributed by atoms with Crippen molar-refractivity contribution in [2.75, 3.05) is 19.8 Å². The van der Waals surface area contributed by atoms with Gasteiger partial charge in [-0.2, -0.15) is 0 Å². The maximum atomic E-state index is 5.74. The summed E-state index contributed by atoms with van der Waals surface area (Å²) in [7, 11) is -0.397. The Morgan fingerprint density at radius 3 is 1.44 bits per heavy atom. The fourth-order valence-corrected chi connectivity index (χ4v) is 3.87. The van der Waals surface area contributed by atoms with Gasteiger partial charge in [0.15, 0.2) is 9.76 Å². The van der Waals surface area contributed by atoms with Crippen LogP contribution in [0.1, 0.15) is 118 Å². The molecule has 2 nitrogen and oxygen atoms in total.